The van der Waals surface area contributed by atoms with Crippen molar-refractivity contribution in [2.45, 2.75) is 44.0 Å². The molecule has 26 heavy (non-hydrogen) atoms. The topological polar surface area (TPSA) is 77.7 Å². The van der Waals surface area contributed by atoms with Gasteiger partial charge in [-0.25, -0.2) is 5.01 Å². The van der Waals surface area contributed by atoms with Gasteiger partial charge in [-0.05, 0) is 37.4 Å². The Kier molecular flexibility index (Phi) is 5.81. The lowest BCUT2D eigenvalue weighted by molar-refractivity contribution is -0.125. The quantitative estimate of drug-likeness (QED) is 0.600. The molecule has 7 nitrogen and oxygen atoms in total. The normalized spacial score (nSPS) is 30.5. The van der Waals surface area contributed by atoms with Crippen LogP contribution in [0.3, 0.4) is 0 Å². The Hall–Kier alpha value is -1.51. The number of rotatable bonds is 5. The Bertz CT molecular complexity index is 593. The standard InChI is InChI=1S/C19H29N5O2/c25-19(17-10-18(26-23-17)15-6-8-20-9-7-15)22-16-11-21-24(13-16)12-14-4-2-1-3-5-14/h1-5,15-18,20-21,23H,6-13H2,(H,22,25). The Balaban J connectivity index is 1.21. The van der Waals surface area contributed by atoms with Crippen LogP contribution in [0.5, 0.6) is 0 Å². The van der Waals surface area contributed by atoms with E-state index in [-0.39, 0.29) is 24.1 Å². The number of hydroxylamine groups is 1. The molecule has 1 aromatic carbocycles. The summed E-state index contributed by atoms with van der Waals surface area (Å²) in [6.07, 6.45) is 3.18. The number of nitrogens with one attached hydrogen (secondary N) is 4. The molecule has 1 amide bonds. The van der Waals surface area contributed by atoms with Crippen LogP contribution in [0.25, 0.3) is 0 Å². The van der Waals surface area contributed by atoms with Crippen molar-refractivity contribution < 1.29 is 9.63 Å². The number of benzene rings is 1. The van der Waals surface area contributed by atoms with E-state index in [4.69, 9.17) is 4.84 Å². The number of hydrogen-bond donors (Lipinski definition) is 4. The minimum atomic E-state index is -0.238. The second-order valence-corrected chi connectivity index (χ2v) is 7.58. The number of carbonyl (C=O) groups excluding carboxylic acids is 1. The van der Waals surface area contributed by atoms with Crippen molar-refractivity contribution in [3.63, 3.8) is 0 Å². The molecule has 0 radical (unpaired) electrons. The maximum atomic E-state index is 12.6. The van der Waals surface area contributed by atoms with E-state index < -0.39 is 0 Å². The average Bonchev–Trinajstić information content (AvgIpc) is 3.33. The van der Waals surface area contributed by atoms with Crippen LogP contribution in [-0.2, 0) is 16.2 Å². The van der Waals surface area contributed by atoms with Crippen molar-refractivity contribution in [2.24, 2.45) is 5.92 Å². The van der Waals surface area contributed by atoms with E-state index >= 15 is 0 Å². The summed E-state index contributed by atoms with van der Waals surface area (Å²) < 4.78 is 0. The summed E-state index contributed by atoms with van der Waals surface area (Å²) >= 11 is 0. The third kappa shape index (κ3) is 4.42. The average molecular weight is 359 g/mol. The van der Waals surface area contributed by atoms with Crippen molar-refractivity contribution in [1.82, 2.24) is 26.5 Å². The van der Waals surface area contributed by atoms with Gasteiger partial charge in [-0.1, -0.05) is 30.3 Å². The first-order valence-electron chi connectivity index (χ1n) is 9.72. The van der Waals surface area contributed by atoms with E-state index in [1.807, 2.05) is 6.07 Å². The first-order valence-corrected chi connectivity index (χ1v) is 9.72. The SMILES string of the molecule is O=C(NC1CNN(Cc2ccccc2)C1)C1CC(C2CCNCC2)ON1. The molecule has 4 rings (SSSR count). The van der Waals surface area contributed by atoms with Gasteiger partial charge in [-0.3, -0.25) is 15.1 Å². The highest BCUT2D eigenvalue weighted by Crippen LogP contribution is 2.25. The molecular formula is C19H29N5O2. The monoisotopic (exact) mass is 359 g/mol. The van der Waals surface area contributed by atoms with Crippen LogP contribution in [0.1, 0.15) is 24.8 Å². The lowest BCUT2D eigenvalue weighted by Gasteiger charge is -2.26. The van der Waals surface area contributed by atoms with Crippen molar-refractivity contribution in [3.05, 3.63) is 35.9 Å². The summed E-state index contributed by atoms with van der Waals surface area (Å²) in [6.45, 7) is 4.52. The summed E-state index contributed by atoms with van der Waals surface area (Å²) in [5.41, 5.74) is 7.60. The molecule has 3 fully saturated rings. The van der Waals surface area contributed by atoms with Crippen molar-refractivity contribution in [1.29, 1.82) is 0 Å². The van der Waals surface area contributed by atoms with Crippen LogP contribution < -0.4 is 21.5 Å². The lowest BCUT2D eigenvalue weighted by Crippen LogP contribution is -2.47. The zero-order valence-electron chi connectivity index (χ0n) is 15.1. The highest BCUT2D eigenvalue weighted by molar-refractivity contribution is 5.82. The molecular weight excluding hydrogens is 330 g/mol. The molecule has 0 saturated carbocycles. The molecule has 3 aliphatic rings. The molecule has 0 spiro atoms. The van der Waals surface area contributed by atoms with E-state index in [0.29, 0.717) is 5.92 Å². The number of nitrogens with zero attached hydrogens (tertiary/aromatic N) is 1. The Morgan fingerprint density at radius 3 is 2.85 bits per heavy atom. The van der Waals surface area contributed by atoms with Crippen molar-refractivity contribution >= 4 is 5.91 Å². The van der Waals surface area contributed by atoms with Gasteiger partial charge < -0.3 is 10.6 Å². The molecule has 3 atom stereocenters. The Labute approximate surface area is 154 Å². The molecule has 3 aliphatic heterocycles. The molecule has 3 unspecified atom stereocenters. The van der Waals surface area contributed by atoms with Gasteiger partial charge in [0.1, 0.15) is 6.04 Å². The largest absolute Gasteiger partial charge is 0.349 e. The van der Waals surface area contributed by atoms with Crippen LogP contribution in [0, 0.1) is 5.92 Å². The van der Waals surface area contributed by atoms with Crippen molar-refractivity contribution in [2.75, 3.05) is 26.2 Å². The van der Waals surface area contributed by atoms with Crippen LogP contribution >= 0.6 is 0 Å². The summed E-state index contributed by atoms with van der Waals surface area (Å²) in [7, 11) is 0. The Morgan fingerprint density at radius 1 is 1.23 bits per heavy atom. The van der Waals surface area contributed by atoms with E-state index in [2.05, 4.69) is 50.8 Å². The third-order valence-electron chi connectivity index (χ3n) is 5.62. The number of hydrogen-bond acceptors (Lipinski definition) is 6. The fraction of sp³-hybridized carbons (Fsp3) is 0.632. The van der Waals surface area contributed by atoms with E-state index in [1.165, 1.54) is 5.56 Å². The molecule has 0 aromatic heterocycles. The zero-order valence-corrected chi connectivity index (χ0v) is 15.1. The maximum absolute atomic E-state index is 12.6. The molecule has 1 aromatic rings. The second-order valence-electron chi connectivity index (χ2n) is 7.58. The van der Waals surface area contributed by atoms with Gasteiger partial charge in [0.25, 0.3) is 0 Å². The minimum Gasteiger partial charge on any atom is -0.349 e. The van der Waals surface area contributed by atoms with Gasteiger partial charge in [0, 0.05) is 26.1 Å². The highest BCUT2D eigenvalue weighted by atomic mass is 16.7. The molecule has 0 bridgehead atoms. The third-order valence-corrected chi connectivity index (χ3v) is 5.62. The summed E-state index contributed by atoms with van der Waals surface area (Å²) in [6, 6.07) is 10.3. The summed E-state index contributed by atoms with van der Waals surface area (Å²) in [4.78, 5) is 18.3. The van der Waals surface area contributed by atoms with E-state index in [1.54, 1.807) is 0 Å². The van der Waals surface area contributed by atoms with Crippen LogP contribution in [-0.4, -0.2) is 55.3 Å². The second kappa shape index (κ2) is 8.45. The van der Waals surface area contributed by atoms with Gasteiger partial charge in [-0.15, -0.1) is 0 Å². The molecule has 0 aliphatic carbocycles. The van der Waals surface area contributed by atoms with Crippen LogP contribution in [0.15, 0.2) is 30.3 Å². The zero-order chi connectivity index (χ0) is 17.8. The first kappa shape index (κ1) is 17.9. The lowest BCUT2D eigenvalue weighted by atomic mass is 9.89. The molecule has 4 N–H and O–H groups in total. The molecule has 142 valence electrons. The smallest absolute Gasteiger partial charge is 0.239 e. The van der Waals surface area contributed by atoms with Crippen LogP contribution in [0.2, 0.25) is 0 Å². The van der Waals surface area contributed by atoms with Crippen molar-refractivity contribution in [3.8, 4) is 0 Å². The number of carbonyl (C=O) groups is 1. The number of amides is 1. The molecule has 3 heterocycles. The van der Waals surface area contributed by atoms with Gasteiger partial charge in [-0.2, -0.15) is 5.48 Å². The van der Waals surface area contributed by atoms with E-state index in [9.17, 15) is 4.79 Å². The summed E-state index contributed by atoms with van der Waals surface area (Å²) in [5, 5.41) is 8.70. The predicted octanol–water partition coefficient (Wildman–Crippen LogP) is 0.153. The predicted molar refractivity (Wildman–Crippen MR) is 98.8 cm³/mol. The summed E-state index contributed by atoms with van der Waals surface area (Å²) in [5.74, 6) is 0.603. The minimum absolute atomic E-state index is 0.0507. The van der Waals surface area contributed by atoms with Gasteiger partial charge >= 0.3 is 0 Å². The van der Waals surface area contributed by atoms with Gasteiger partial charge in [0.15, 0.2) is 0 Å². The fourth-order valence-electron chi connectivity index (χ4n) is 4.12. The maximum Gasteiger partial charge on any atom is 0.239 e. The van der Waals surface area contributed by atoms with Gasteiger partial charge in [0.2, 0.25) is 5.91 Å². The van der Waals surface area contributed by atoms with Gasteiger partial charge in [0.05, 0.1) is 12.1 Å². The Morgan fingerprint density at radius 2 is 2.04 bits per heavy atom. The first-order chi connectivity index (χ1) is 12.8. The molecule has 3 saturated heterocycles. The number of hydrazine groups is 1. The highest BCUT2D eigenvalue weighted by Gasteiger charge is 2.37. The van der Waals surface area contributed by atoms with E-state index in [0.717, 1.165) is 52.0 Å². The van der Waals surface area contributed by atoms with Crippen LogP contribution in [0.4, 0.5) is 0 Å². The number of piperidine rings is 1. The molecule has 7 heteroatoms. The fourth-order valence-corrected chi connectivity index (χ4v) is 4.12.